The maximum absolute atomic E-state index is 8.87. The lowest BCUT2D eigenvalue weighted by Gasteiger charge is -2.05. The van der Waals surface area contributed by atoms with Gasteiger partial charge < -0.3 is 14.8 Å². The van der Waals surface area contributed by atoms with E-state index >= 15 is 0 Å². The van der Waals surface area contributed by atoms with Gasteiger partial charge in [0.1, 0.15) is 0 Å². The summed E-state index contributed by atoms with van der Waals surface area (Å²) in [7, 11) is -0.0411. The van der Waals surface area contributed by atoms with Crippen LogP contribution in [0.2, 0.25) is 0 Å². The first kappa shape index (κ1) is 11.0. The monoisotopic (exact) mass is 168 g/mol. The lowest BCUT2D eigenvalue weighted by atomic mass is 9.78. The minimum Gasteiger partial charge on any atom is -0.502 e. The first-order valence-electron chi connectivity index (χ1n) is 3.53. The molecular formula is C8H13BO3. The molecule has 0 saturated carbocycles. The Bertz CT molecular complexity index is 206. The first-order chi connectivity index (χ1) is 5.63. The molecule has 3 nitrogen and oxygen atoms in total. The third-order valence-electron chi connectivity index (χ3n) is 1.40. The minimum absolute atomic E-state index is 0.331. The molecule has 0 fully saturated rings. The summed E-state index contributed by atoms with van der Waals surface area (Å²) in [5.41, 5.74) is 0.331. The largest absolute Gasteiger partial charge is 0.502 e. The summed E-state index contributed by atoms with van der Waals surface area (Å²) in [6, 6.07) is 0. The third-order valence-corrected chi connectivity index (χ3v) is 1.40. The van der Waals surface area contributed by atoms with Crippen molar-refractivity contribution in [2.45, 2.75) is 6.92 Å². The molecule has 0 aliphatic carbocycles. The second-order valence-corrected chi connectivity index (χ2v) is 2.18. The molecule has 0 aromatic rings. The fourth-order valence-corrected chi connectivity index (χ4v) is 0.675. The number of ether oxygens (including phenoxy) is 1. The third kappa shape index (κ3) is 3.41. The standard InChI is InChI=1S/C8H13BO3/c1-4-5-6-8(9(10)11)7(2)12-3/h4-6,10-11H,1H2,2-3H3/b6-5-,8-7-. The Morgan fingerprint density at radius 2 is 2.08 bits per heavy atom. The summed E-state index contributed by atoms with van der Waals surface area (Å²) in [5, 5.41) is 17.7. The minimum atomic E-state index is -1.51. The van der Waals surface area contributed by atoms with Crippen molar-refractivity contribution in [1.29, 1.82) is 0 Å². The van der Waals surface area contributed by atoms with Gasteiger partial charge in [-0.2, -0.15) is 0 Å². The molecule has 0 aliphatic rings. The first-order valence-corrected chi connectivity index (χ1v) is 3.53. The zero-order valence-electron chi connectivity index (χ0n) is 7.32. The van der Waals surface area contributed by atoms with E-state index in [2.05, 4.69) is 6.58 Å². The predicted octanol–water partition coefficient (Wildman–Crippen LogP) is 0.661. The molecular weight excluding hydrogens is 155 g/mol. The summed E-state index contributed by atoms with van der Waals surface area (Å²) >= 11 is 0. The second-order valence-electron chi connectivity index (χ2n) is 2.18. The zero-order valence-corrected chi connectivity index (χ0v) is 7.32. The molecule has 0 bridgehead atoms. The van der Waals surface area contributed by atoms with Gasteiger partial charge in [0, 0.05) is 5.47 Å². The Kier molecular flexibility index (Phi) is 5.16. The van der Waals surface area contributed by atoms with Crippen molar-refractivity contribution in [3.8, 4) is 0 Å². The van der Waals surface area contributed by atoms with Crippen molar-refractivity contribution in [3.63, 3.8) is 0 Å². The SMILES string of the molecule is C=C/C=C\C(B(O)O)=C(/C)OC. The number of hydrogen-bond acceptors (Lipinski definition) is 3. The van der Waals surface area contributed by atoms with Gasteiger partial charge in [-0.15, -0.1) is 0 Å². The average molecular weight is 168 g/mol. The van der Waals surface area contributed by atoms with Crippen LogP contribution in [-0.4, -0.2) is 24.3 Å². The van der Waals surface area contributed by atoms with Crippen LogP contribution < -0.4 is 0 Å². The van der Waals surface area contributed by atoms with Gasteiger partial charge in [-0.3, -0.25) is 0 Å². The molecule has 0 spiro atoms. The molecule has 66 valence electrons. The van der Waals surface area contributed by atoms with E-state index in [9.17, 15) is 0 Å². The topological polar surface area (TPSA) is 49.7 Å². The van der Waals surface area contributed by atoms with Crippen LogP contribution in [0.4, 0.5) is 0 Å². The van der Waals surface area contributed by atoms with Crippen molar-refractivity contribution in [1.82, 2.24) is 0 Å². The number of rotatable bonds is 4. The van der Waals surface area contributed by atoms with Gasteiger partial charge in [0.2, 0.25) is 0 Å². The lowest BCUT2D eigenvalue weighted by Crippen LogP contribution is -2.16. The Morgan fingerprint density at radius 3 is 2.42 bits per heavy atom. The maximum Gasteiger partial charge on any atom is 0.491 e. The Hall–Kier alpha value is -0.995. The molecule has 0 saturated heterocycles. The predicted molar refractivity (Wildman–Crippen MR) is 49.2 cm³/mol. The molecule has 0 aromatic carbocycles. The van der Waals surface area contributed by atoms with Crippen LogP contribution >= 0.6 is 0 Å². The lowest BCUT2D eigenvalue weighted by molar-refractivity contribution is 0.289. The summed E-state index contributed by atoms with van der Waals surface area (Å²) in [5.74, 6) is 0.475. The van der Waals surface area contributed by atoms with E-state index in [1.165, 1.54) is 13.2 Å². The summed E-state index contributed by atoms with van der Waals surface area (Å²) in [4.78, 5) is 0. The van der Waals surface area contributed by atoms with Crippen molar-refractivity contribution in [2.75, 3.05) is 7.11 Å². The molecule has 0 atom stereocenters. The second kappa shape index (κ2) is 5.63. The van der Waals surface area contributed by atoms with Crippen LogP contribution in [0.3, 0.4) is 0 Å². The summed E-state index contributed by atoms with van der Waals surface area (Å²) in [6.45, 7) is 5.12. The molecule has 12 heavy (non-hydrogen) atoms. The molecule has 2 N–H and O–H groups in total. The fourth-order valence-electron chi connectivity index (χ4n) is 0.675. The van der Waals surface area contributed by atoms with Gasteiger partial charge in [-0.25, -0.2) is 0 Å². The van der Waals surface area contributed by atoms with E-state index < -0.39 is 7.12 Å². The van der Waals surface area contributed by atoms with Crippen LogP contribution in [0.15, 0.2) is 36.0 Å². The number of hydrogen-bond donors (Lipinski definition) is 2. The highest BCUT2D eigenvalue weighted by Gasteiger charge is 2.15. The van der Waals surface area contributed by atoms with Gasteiger partial charge in [0.15, 0.2) is 0 Å². The summed E-state index contributed by atoms with van der Waals surface area (Å²) < 4.78 is 4.84. The Labute approximate surface area is 72.8 Å². The van der Waals surface area contributed by atoms with Crippen LogP contribution in [0.5, 0.6) is 0 Å². The number of allylic oxidation sites excluding steroid dienone is 5. The van der Waals surface area contributed by atoms with Gasteiger partial charge in [0.25, 0.3) is 0 Å². The van der Waals surface area contributed by atoms with Crippen molar-refractivity contribution >= 4 is 7.12 Å². The number of methoxy groups -OCH3 is 1. The molecule has 0 unspecified atom stereocenters. The Morgan fingerprint density at radius 1 is 1.50 bits per heavy atom. The average Bonchev–Trinajstić information content (AvgIpc) is 2.04. The molecule has 0 rings (SSSR count). The molecule has 0 amide bonds. The molecule has 0 heterocycles. The van der Waals surface area contributed by atoms with Crippen molar-refractivity contribution < 1.29 is 14.8 Å². The quantitative estimate of drug-likeness (QED) is 0.368. The van der Waals surface area contributed by atoms with E-state index in [4.69, 9.17) is 14.8 Å². The molecule has 0 aromatic heterocycles. The van der Waals surface area contributed by atoms with Gasteiger partial charge in [0.05, 0.1) is 12.9 Å². The fraction of sp³-hybridized carbons (Fsp3) is 0.250. The van der Waals surface area contributed by atoms with E-state index in [1.54, 1.807) is 19.1 Å². The van der Waals surface area contributed by atoms with Crippen molar-refractivity contribution in [3.05, 3.63) is 36.0 Å². The maximum atomic E-state index is 8.87. The van der Waals surface area contributed by atoms with Crippen molar-refractivity contribution in [2.24, 2.45) is 0 Å². The van der Waals surface area contributed by atoms with Crippen LogP contribution in [-0.2, 0) is 4.74 Å². The normalized spacial score (nSPS) is 12.7. The molecule has 0 aliphatic heterocycles. The highest BCUT2D eigenvalue weighted by molar-refractivity contribution is 6.51. The van der Waals surface area contributed by atoms with Gasteiger partial charge in [-0.1, -0.05) is 24.8 Å². The van der Waals surface area contributed by atoms with Crippen LogP contribution in [0.1, 0.15) is 6.92 Å². The smallest absolute Gasteiger partial charge is 0.491 e. The Balaban J connectivity index is 4.65. The van der Waals surface area contributed by atoms with E-state index in [1.807, 2.05) is 0 Å². The highest BCUT2D eigenvalue weighted by atomic mass is 16.5. The highest BCUT2D eigenvalue weighted by Crippen LogP contribution is 2.07. The van der Waals surface area contributed by atoms with E-state index in [0.717, 1.165) is 0 Å². The van der Waals surface area contributed by atoms with Crippen LogP contribution in [0.25, 0.3) is 0 Å². The molecule has 0 radical (unpaired) electrons. The van der Waals surface area contributed by atoms with Gasteiger partial charge in [-0.05, 0) is 6.92 Å². The van der Waals surface area contributed by atoms with Crippen LogP contribution in [0, 0.1) is 0 Å². The summed E-state index contributed by atoms with van der Waals surface area (Å²) in [6.07, 6.45) is 4.69. The van der Waals surface area contributed by atoms with E-state index in [-0.39, 0.29) is 0 Å². The van der Waals surface area contributed by atoms with E-state index in [0.29, 0.717) is 11.2 Å². The van der Waals surface area contributed by atoms with Gasteiger partial charge >= 0.3 is 7.12 Å². The zero-order chi connectivity index (χ0) is 9.56. The molecule has 4 heteroatoms.